The second-order valence-corrected chi connectivity index (χ2v) is 4.10. The van der Waals surface area contributed by atoms with E-state index in [-0.39, 0.29) is 11.4 Å². The van der Waals surface area contributed by atoms with E-state index in [0.29, 0.717) is 5.75 Å². The SMILES string of the molecule is CC(C)OC(=O)SCc1ccccc1. The Kier molecular flexibility index (Phi) is 4.53. The molecule has 0 bridgehead atoms. The molecule has 0 aliphatic heterocycles. The monoisotopic (exact) mass is 210 g/mol. The summed E-state index contributed by atoms with van der Waals surface area (Å²) >= 11 is 1.20. The van der Waals surface area contributed by atoms with Crippen LogP contribution in [0.5, 0.6) is 0 Å². The quantitative estimate of drug-likeness (QED) is 0.715. The van der Waals surface area contributed by atoms with Crippen molar-refractivity contribution in [1.29, 1.82) is 0 Å². The number of carbonyl (C=O) groups excluding carboxylic acids is 1. The van der Waals surface area contributed by atoms with Gasteiger partial charge in [0, 0.05) is 5.75 Å². The van der Waals surface area contributed by atoms with Crippen molar-refractivity contribution in [2.75, 3.05) is 0 Å². The average Bonchev–Trinajstić information content (AvgIpc) is 2.15. The summed E-state index contributed by atoms with van der Waals surface area (Å²) in [5, 5.41) is -0.205. The zero-order chi connectivity index (χ0) is 10.4. The second-order valence-electron chi connectivity index (χ2n) is 3.19. The number of rotatable bonds is 3. The molecule has 1 aromatic rings. The van der Waals surface area contributed by atoms with Crippen LogP contribution in [-0.4, -0.2) is 11.4 Å². The zero-order valence-electron chi connectivity index (χ0n) is 8.40. The molecule has 0 saturated carbocycles. The standard InChI is InChI=1S/C11H14O2S/c1-9(2)13-11(12)14-8-10-6-4-3-5-7-10/h3-7,9H,8H2,1-2H3. The third kappa shape index (κ3) is 4.33. The first-order valence-electron chi connectivity index (χ1n) is 4.56. The highest BCUT2D eigenvalue weighted by Crippen LogP contribution is 2.14. The molecule has 0 N–H and O–H groups in total. The molecule has 0 atom stereocenters. The van der Waals surface area contributed by atoms with Crippen LogP contribution in [0.25, 0.3) is 0 Å². The molecule has 0 heterocycles. The van der Waals surface area contributed by atoms with Gasteiger partial charge in [-0.3, -0.25) is 0 Å². The molecule has 14 heavy (non-hydrogen) atoms. The molecule has 2 nitrogen and oxygen atoms in total. The van der Waals surface area contributed by atoms with Crippen molar-refractivity contribution in [2.24, 2.45) is 0 Å². The van der Waals surface area contributed by atoms with Gasteiger partial charge in [-0.15, -0.1) is 0 Å². The van der Waals surface area contributed by atoms with Gasteiger partial charge < -0.3 is 4.74 Å². The number of carbonyl (C=O) groups is 1. The van der Waals surface area contributed by atoms with Crippen LogP contribution in [0.4, 0.5) is 4.79 Å². The van der Waals surface area contributed by atoms with Gasteiger partial charge in [-0.2, -0.15) is 0 Å². The zero-order valence-corrected chi connectivity index (χ0v) is 9.21. The number of ether oxygens (including phenoxy) is 1. The Labute approximate surface area is 88.7 Å². The van der Waals surface area contributed by atoms with Gasteiger partial charge in [-0.1, -0.05) is 30.3 Å². The molecule has 0 amide bonds. The first-order valence-corrected chi connectivity index (χ1v) is 5.54. The van der Waals surface area contributed by atoms with Crippen LogP contribution < -0.4 is 0 Å². The van der Waals surface area contributed by atoms with Gasteiger partial charge in [0.25, 0.3) is 0 Å². The minimum Gasteiger partial charge on any atom is -0.455 e. The van der Waals surface area contributed by atoms with Crippen molar-refractivity contribution in [1.82, 2.24) is 0 Å². The maximum atomic E-state index is 11.2. The summed E-state index contributed by atoms with van der Waals surface area (Å²) in [6.07, 6.45) is -0.0363. The summed E-state index contributed by atoms with van der Waals surface area (Å²) in [5.74, 6) is 0.673. The van der Waals surface area contributed by atoms with Gasteiger partial charge in [0.05, 0.1) is 6.10 Å². The molecule has 1 aromatic carbocycles. The highest BCUT2D eigenvalue weighted by Gasteiger charge is 2.05. The van der Waals surface area contributed by atoms with Gasteiger partial charge in [0.15, 0.2) is 0 Å². The number of benzene rings is 1. The summed E-state index contributed by atoms with van der Waals surface area (Å²) in [6, 6.07) is 9.87. The van der Waals surface area contributed by atoms with Crippen molar-refractivity contribution in [3.63, 3.8) is 0 Å². The summed E-state index contributed by atoms with van der Waals surface area (Å²) in [5.41, 5.74) is 1.14. The molecule has 0 aliphatic carbocycles. The fraction of sp³-hybridized carbons (Fsp3) is 0.364. The van der Waals surface area contributed by atoms with Crippen LogP contribution in [0.15, 0.2) is 30.3 Å². The fourth-order valence-corrected chi connectivity index (χ4v) is 1.68. The Morgan fingerprint density at radius 2 is 2.00 bits per heavy atom. The van der Waals surface area contributed by atoms with Crippen LogP contribution in [0.2, 0.25) is 0 Å². The van der Waals surface area contributed by atoms with E-state index in [2.05, 4.69) is 0 Å². The lowest BCUT2D eigenvalue weighted by atomic mass is 10.2. The van der Waals surface area contributed by atoms with E-state index in [1.165, 1.54) is 11.8 Å². The van der Waals surface area contributed by atoms with Crippen LogP contribution >= 0.6 is 11.8 Å². The summed E-state index contributed by atoms with van der Waals surface area (Å²) in [6.45, 7) is 3.70. The Morgan fingerprint density at radius 3 is 2.57 bits per heavy atom. The van der Waals surface area contributed by atoms with Crippen LogP contribution in [0.3, 0.4) is 0 Å². The lowest BCUT2D eigenvalue weighted by molar-refractivity contribution is 0.142. The molecular formula is C11H14O2S. The highest BCUT2D eigenvalue weighted by molar-refractivity contribution is 8.12. The highest BCUT2D eigenvalue weighted by atomic mass is 32.2. The number of hydrogen-bond acceptors (Lipinski definition) is 3. The van der Waals surface area contributed by atoms with Crippen molar-refractivity contribution in [3.8, 4) is 0 Å². The Bertz CT molecular complexity index is 283. The topological polar surface area (TPSA) is 26.3 Å². The third-order valence-electron chi connectivity index (χ3n) is 1.53. The molecule has 0 saturated heterocycles. The van der Waals surface area contributed by atoms with Crippen molar-refractivity contribution >= 4 is 17.1 Å². The summed E-state index contributed by atoms with van der Waals surface area (Å²) in [7, 11) is 0. The van der Waals surface area contributed by atoms with Crippen LogP contribution in [0.1, 0.15) is 19.4 Å². The van der Waals surface area contributed by atoms with E-state index in [1.54, 1.807) is 0 Å². The summed E-state index contributed by atoms with van der Waals surface area (Å²) in [4.78, 5) is 11.2. The van der Waals surface area contributed by atoms with E-state index in [9.17, 15) is 4.79 Å². The Balaban J connectivity index is 2.31. The van der Waals surface area contributed by atoms with Crippen molar-refractivity contribution in [2.45, 2.75) is 25.7 Å². The first-order chi connectivity index (χ1) is 6.68. The maximum Gasteiger partial charge on any atom is 0.367 e. The van der Waals surface area contributed by atoms with E-state index in [4.69, 9.17) is 4.74 Å². The predicted octanol–water partition coefficient (Wildman–Crippen LogP) is 3.46. The van der Waals surface area contributed by atoms with Crippen LogP contribution in [-0.2, 0) is 10.5 Å². The lowest BCUT2D eigenvalue weighted by Gasteiger charge is -2.06. The smallest absolute Gasteiger partial charge is 0.367 e. The molecule has 0 aromatic heterocycles. The Morgan fingerprint density at radius 1 is 1.36 bits per heavy atom. The van der Waals surface area contributed by atoms with E-state index >= 15 is 0 Å². The van der Waals surface area contributed by atoms with Gasteiger partial charge in [-0.05, 0) is 31.2 Å². The maximum absolute atomic E-state index is 11.2. The van der Waals surface area contributed by atoms with E-state index < -0.39 is 0 Å². The van der Waals surface area contributed by atoms with Crippen molar-refractivity contribution < 1.29 is 9.53 Å². The molecule has 0 spiro atoms. The van der Waals surface area contributed by atoms with Gasteiger partial charge in [-0.25, -0.2) is 4.79 Å². The molecule has 0 radical (unpaired) electrons. The molecule has 0 aliphatic rings. The lowest BCUT2D eigenvalue weighted by Crippen LogP contribution is -2.06. The van der Waals surface area contributed by atoms with E-state index in [0.717, 1.165) is 5.56 Å². The molecule has 76 valence electrons. The Hall–Kier alpha value is -0.960. The van der Waals surface area contributed by atoms with E-state index in [1.807, 2.05) is 44.2 Å². The first kappa shape index (κ1) is 11.1. The molecule has 0 fully saturated rings. The second kappa shape index (κ2) is 5.70. The van der Waals surface area contributed by atoms with Gasteiger partial charge in [0.2, 0.25) is 0 Å². The molecular weight excluding hydrogens is 196 g/mol. The molecule has 3 heteroatoms. The van der Waals surface area contributed by atoms with Gasteiger partial charge >= 0.3 is 5.30 Å². The predicted molar refractivity (Wildman–Crippen MR) is 59.4 cm³/mol. The fourth-order valence-electron chi connectivity index (χ4n) is 0.943. The third-order valence-corrected chi connectivity index (χ3v) is 2.34. The minimum atomic E-state index is -0.205. The molecule has 0 unspecified atom stereocenters. The van der Waals surface area contributed by atoms with Crippen molar-refractivity contribution in [3.05, 3.63) is 35.9 Å². The van der Waals surface area contributed by atoms with Crippen LogP contribution in [0, 0.1) is 0 Å². The van der Waals surface area contributed by atoms with Gasteiger partial charge in [0.1, 0.15) is 0 Å². The largest absolute Gasteiger partial charge is 0.455 e. The number of hydrogen-bond donors (Lipinski definition) is 0. The average molecular weight is 210 g/mol. The minimum absolute atomic E-state index is 0.0363. The molecule has 1 rings (SSSR count). The summed E-state index contributed by atoms with van der Waals surface area (Å²) < 4.78 is 5.00. The number of thioether (sulfide) groups is 1. The normalized spacial score (nSPS) is 10.2.